The van der Waals surface area contributed by atoms with Crippen LogP contribution in [0.15, 0.2) is 5.16 Å². The van der Waals surface area contributed by atoms with Gasteiger partial charge in [0.15, 0.2) is 5.84 Å². The summed E-state index contributed by atoms with van der Waals surface area (Å²) in [5.74, 6) is 1.67. The molecule has 2 bridgehead atoms. The van der Waals surface area contributed by atoms with E-state index >= 15 is 0 Å². The van der Waals surface area contributed by atoms with Crippen molar-refractivity contribution in [3.05, 3.63) is 0 Å². The highest BCUT2D eigenvalue weighted by atomic mass is 16.4. The van der Waals surface area contributed by atoms with E-state index in [9.17, 15) is 4.79 Å². The molecular weight excluding hydrogens is 254 g/mol. The third-order valence-corrected chi connectivity index (χ3v) is 5.17. The zero-order valence-corrected chi connectivity index (χ0v) is 12.5. The molecule has 5 nitrogen and oxygen atoms in total. The highest BCUT2D eigenvalue weighted by molar-refractivity contribution is 6.02. The molecule has 0 heterocycles. The second-order valence-electron chi connectivity index (χ2n) is 6.50. The van der Waals surface area contributed by atoms with Gasteiger partial charge in [-0.3, -0.25) is 4.79 Å². The molecule has 2 fully saturated rings. The van der Waals surface area contributed by atoms with Crippen molar-refractivity contribution >= 4 is 11.7 Å². The Hall–Kier alpha value is -1.26. The molecular formula is C15H27N3O2. The summed E-state index contributed by atoms with van der Waals surface area (Å²) in [5.41, 5.74) is 5.63. The van der Waals surface area contributed by atoms with E-state index in [2.05, 4.69) is 17.4 Å². The first-order valence-corrected chi connectivity index (χ1v) is 7.84. The second kappa shape index (κ2) is 6.46. The predicted molar refractivity (Wildman–Crippen MR) is 78.3 cm³/mol. The second-order valence-corrected chi connectivity index (χ2v) is 6.50. The summed E-state index contributed by atoms with van der Waals surface area (Å²) in [6, 6.07) is 0.184. The van der Waals surface area contributed by atoms with E-state index < -0.39 is 5.92 Å². The van der Waals surface area contributed by atoms with E-state index in [1.807, 2.05) is 6.92 Å². The van der Waals surface area contributed by atoms with Gasteiger partial charge in [0.1, 0.15) is 0 Å². The molecule has 0 aromatic rings. The van der Waals surface area contributed by atoms with Crippen LogP contribution < -0.4 is 11.1 Å². The Morgan fingerprint density at radius 3 is 2.70 bits per heavy atom. The van der Waals surface area contributed by atoms with Crippen LogP contribution in [0.1, 0.15) is 52.4 Å². The lowest BCUT2D eigenvalue weighted by Crippen LogP contribution is -2.46. The molecule has 0 aromatic heterocycles. The highest BCUT2D eigenvalue weighted by Gasteiger charge is 2.42. The van der Waals surface area contributed by atoms with Gasteiger partial charge in [-0.05, 0) is 50.4 Å². The van der Waals surface area contributed by atoms with Gasteiger partial charge in [0.2, 0.25) is 5.91 Å². The fourth-order valence-electron chi connectivity index (χ4n) is 4.11. The molecule has 114 valence electrons. The topological polar surface area (TPSA) is 87.7 Å². The van der Waals surface area contributed by atoms with Crippen LogP contribution in [0.5, 0.6) is 0 Å². The number of rotatable bonds is 6. The lowest BCUT2D eigenvalue weighted by Gasteiger charge is -2.29. The van der Waals surface area contributed by atoms with Crippen molar-refractivity contribution in [1.29, 1.82) is 0 Å². The van der Waals surface area contributed by atoms with E-state index in [1.165, 1.54) is 25.7 Å². The quantitative estimate of drug-likeness (QED) is 0.301. The summed E-state index contributed by atoms with van der Waals surface area (Å²) in [6.45, 7) is 4.09. The number of hydrogen-bond donors (Lipinski definition) is 3. The molecule has 2 saturated carbocycles. The monoisotopic (exact) mass is 281 g/mol. The smallest absolute Gasteiger partial charge is 0.231 e. The van der Waals surface area contributed by atoms with Crippen molar-refractivity contribution < 1.29 is 10.0 Å². The van der Waals surface area contributed by atoms with Gasteiger partial charge >= 0.3 is 0 Å². The average Bonchev–Trinajstić information content (AvgIpc) is 3.06. The van der Waals surface area contributed by atoms with Gasteiger partial charge < -0.3 is 16.3 Å². The fourth-order valence-corrected chi connectivity index (χ4v) is 4.11. The lowest BCUT2D eigenvalue weighted by molar-refractivity contribution is -0.124. The number of carbonyl (C=O) groups is 1. The van der Waals surface area contributed by atoms with E-state index in [-0.39, 0.29) is 17.8 Å². The molecule has 20 heavy (non-hydrogen) atoms. The van der Waals surface area contributed by atoms with Crippen LogP contribution in [-0.2, 0) is 4.79 Å². The van der Waals surface area contributed by atoms with Crippen LogP contribution in [0.25, 0.3) is 0 Å². The first-order valence-electron chi connectivity index (χ1n) is 7.84. The number of amides is 1. The summed E-state index contributed by atoms with van der Waals surface area (Å²) in [4.78, 5) is 12.3. The largest absolute Gasteiger partial charge is 0.409 e. The zero-order chi connectivity index (χ0) is 14.7. The molecule has 5 atom stereocenters. The number of hydrogen-bond acceptors (Lipinski definition) is 3. The summed E-state index contributed by atoms with van der Waals surface area (Å²) in [7, 11) is 0. The van der Waals surface area contributed by atoms with Crippen LogP contribution in [0.4, 0.5) is 0 Å². The number of carbonyl (C=O) groups excluding carboxylic acids is 1. The third-order valence-electron chi connectivity index (χ3n) is 5.17. The van der Waals surface area contributed by atoms with Crippen LogP contribution >= 0.6 is 0 Å². The summed E-state index contributed by atoms with van der Waals surface area (Å²) in [5, 5.41) is 14.9. The Morgan fingerprint density at radius 1 is 1.45 bits per heavy atom. The molecule has 2 rings (SSSR count). The minimum atomic E-state index is -0.508. The summed E-state index contributed by atoms with van der Waals surface area (Å²) in [6.07, 6.45) is 6.71. The molecule has 1 amide bonds. The number of nitrogens with two attached hydrogens (primary N) is 1. The number of oxime groups is 1. The van der Waals surface area contributed by atoms with Crippen molar-refractivity contribution in [3.63, 3.8) is 0 Å². The van der Waals surface area contributed by atoms with E-state index in [0.29, 0.717) is 12.3 Å². The third kappa shape index (κ3) is 3.07. The predicted octanol–water partition coefficient (Wildman–Crippen LogP) is 2.09. The minimum absolute atomic E-state index is 0.0180. The maximum Gasteiger partial charge on any atom is 0.231 e. The lowest BCUT2D eigenvalue weighted by atomic mass is 9.83. The number of amidine groups is 1. The average molecular weight is 281 g/mol. The molecule has 0 saturated heterocycles. The van der Waals surface area contributed by atoms with Crippen LogP contribution in [0.3, 0.4) is 0 Å². The molecule has 0 aromatic carbocycles. The highest BCUT2D eigenvalue weighted by Crippen LogP contribution is 2.49. The van der Waals surface area contributed by atoms with E-state index in [4.69, 9.17) is 10.9 Å². The van der Waals surface area contributed by atoms with Crippen LogP contribution in [0, 0.1) is 23.7 Å². The van der Waals surface area contributed by atoms with Crippen molar-refractivity contribution in [2.45, 2.75) is 58.4 Å². The van der Waals surface area contributed by atoms with Gasteiger partial charge in [0, 0.05) is 6.04 Å². The molecule has 5 unspecified atom stereocenters. The SMILES string of the molecule is CCCC(C(=O)NC(C)C1CC2CCC1C2)C(N)=NO. The summed E-state index contributed by atoms with van der Waals surface area (Å²) >= 11 is 0. The molecule has 5 heteroatoms. The Kier molecular flexibility index (Phi) is 4.89. The molecule has 0 radical (unpaired) electrons. The molecule has 0 aliphatic heterocycles. The maximum atomic E-state index is 12.3. The van der Waals surface area contributed by atoms with Crippen LogP contribution in [0.2, 0.25) is 0 Å². The van der Waals surface area contributed by atoms with Gasteiger partial charge in [0.25, 0.3) is 0 Å². The van der Waals surface area contributed by atoms with Gasteiger partial charge in [-0.1, -0.05) is 24.9 Å². The van der Waals surface area contributed by atoms with Gasteiger partial charge in [-0.15, -0.1) is 0 Å². The number of nitrogens with zero attached hydrogens (tertiary/aromatic N) is 1. The zero-order valence-electron chi connectivity index (χ0n) is 12.5. The molecule has 0 spiro atoms. The molecule has 2 aliphatic carbocycles. The van der Waals surface area contributed by atoms with Crippen molar-refractivity contribution in [3.8, 4) is 0 Å². The van der Waals surface area contributed by atoms with Crippen molar-refractivity contribution in [2.75, 3.05) is 0 Å². The van der Waals surface area contributed by atoms with Crippen molar-refractivity contribution in [2.24, 2.45) is 34.6 Å². The normalized spacial score (nSPS) is 32.1. The number of fused-ring (bicyclic) bond motifs is 2. The Balaban J connectivity index is 1.92. The Labute approximate surface area is 121 Å². The molecule has 2 aliphatic rings. The van der Waals surface area contributed by atoms with Crippen molar-refractivity contribution in [1.82, 2.24) is 5.32 Å². The maximum absolute atomic E-state index is 12.3. The standard InChI is InChI=1S/C15H27N3O2/c1-3-4-12(14(16)18-20)15(19)17-9(2)13-8-10-5-6-11(13)7-10/h9-13,20H,3-8H2,1-2H3,(H2,16,18)(H,17,19). The Bertz CT molecular complexity index is 383. The minimum Gasteiger partial charge on any atom is -0.409 e. The first-order chi connectivity index (χ1) is 9.56. The Morgan fingerprint density at radius 2 is 2.20 bits per heavy atom. The van der Waals surface area contributed by atoms with Gasteiger partial charge in [-0.2, -0.15) is 0 Å². The summed E-state index contributed by atoms with van der Waals surface area (Å²) < 4.78 is 0. The van der Waals surface area contributed by atoms with E-state index in [0.717, 1.165) is 18.3 Å². The van der Waals surface area contributed by atoms with Crippen LogP contribution in [-0.4, -0.2) is 23.0 Å². The van der Waals surface area contributed by atoms with E-state index in [1.54, 1.807) is 0 Å². The first kappa shape index (κ1) is 15.1. The van der Waals surface area contributed by atoms with Gasteiger partial charge in [-0.25, -0.2) is 0 Å². The van der Waals surface area contributed by atoms with Gasteiger partial charge in [0.05, 0.1) is 5.92 Å². The fraction of sp³-hybridized carbons (Fsp3) is 0.867. The molecule has 4 N–H and O–H groups in total. The number of nitrogens with one attached hydrogen (secondary N) is 1.